The fourth-order valence-electron chi connectivity index (χ4n) is 4.65. The van der Waals surface area contributed by atoms with Crippen LogP contribution in [0, 0.1) is 0 Å². The molecule has 0 amide bonds. The van der Waals surface area contributed by atoms with E-state index in [0.29, 0.717) is 12.5 Å². The van der Waals surface area contributed by atoms with Crippen LogP contribution in [0.3, 0.4) is 0 Å². The second-order valence-corrected chi connectivity index (χ2v) is 10.0. The van der Waals surface area contributed by atoms with Gasteiger partial charge in [-0.05, 0) is 62.5 Å². The molecule has 1 saturated heterocycles. The molecule has 0 spiro atoms. The topological polar surface area (TPSA) is 66.6 Å². The third-order valence-corrected chi connectivity index (χ3v) is 7.85. The molecule has 0 N–H and O–H groups in total. The zero-order valence-corrected chi connectivity index (χ0v) is 21.5. The zero-order valence-electron chi connectivity index (χ0n) is 20.6. The van der Waals surface area contributed by atoms with Crippen LogP contribution in [0.1, 0.15) is 50.4 Å². The molecule has 5 heterocycles. The Morgan fingerprint density at radius 1 is 1.14 bits per heavy atom. The van der Waals surface area contributed by atoms with Gasteiger partial charge in [-0.15, -0.1) is 11.3 Å². The molecule has 8 heteroatoms. The van der Waals surface area contributed by atoms with Gasteiger partial charge in [0.25, 0.3) is 0 Å². The molecule has 4 aromatic heterocycles. The minimum Gasteiger partial charge on any atom is -0.356 e. The van der Waals surface area contributed by atoms with Crippen molar-refractivity contribution in [1.82, 2.24) is 24.5 Å². The summed E-state index contributed by atoms with van der Waals surface area (Å²) in [5.41, 5.74) is 3.97. The van der Waals surface area contributed by atoms with Gasteiger partial charge in [0.15, 0.2) is 11.4 Å². The first kappa shape index (κ1) is 23.6. The molecule has 182 valence electrons. The molecule has 1 fully saturated rings. The third-order valence-electron chi connectivity index (χ3n) is 6.96. The minimum absolute atomic E-state index is 0.165. The van der Waals surface area contributed by atoms with E-state index in [1.807, 2.05) is 30.5 Å². The summed E-state index contributed by atoms with van der Waals surface area (Å²) in [6.07, 6.45) is 6.26. The molecule has 7 nitrogen and oxygen atoms in total. The quantitative estimate of drug-likeness (QED) is 0.278. The largest absolute Gasteiger partial charge is 0.356 e. The fourth-order valence-corrected chi connectivity index (χ4v) is 5.34. The van der Waals surface area contributed by atoms with Gasteiger partial charge in [0.2, 0.25) is 0 Å². The number of anilines is 1. The Bertz CT molecular complexity index is 1310. The van der Waals surface area contributed by atoms with E-state index in [4.69, 9.17) is 9.97 Å². The maximum Gasteiger partial charge on any atom is 0.165 e. The summed E-state index contributed by atoms with van der Waals surface area (Å²) in [5.74, 6) is 1.03. The first-order valence-corrected chi connectivity index (χ1v) is 13.4. The molecule has 4 aromatic rings. The number of nitrogens with zero attached hydrogens (tertiary/aromatic N) is 6. The molecule has 5 rings (SSSR count). The predicted octanol–water partition coefficient (Wildman–Crippen LogP) is 5.42. The number of Topliss-reactive ketones (excluding diaryl/α,β-unsaturated/α-hetero) is 1. The number of hydrogen-bond donors (Lipinski definition) is 0. The first-order chi connectivity index (χ1) is 17.1. The normalized spacial score (nSPS) is 14.5. The fraction of sp³-hybridized carbons (Fsp3) is 0.407. The zero-order chi connectivity index (χ0) is 24.4. The standard InChI is InChI=1S/C27H32N6OS/c1-4-31(5-2)19(3)9-10-24(34)20-16-23(29-26(17-20)32-12-7-13-32)21-18-28-33-14-11-22(30-27(21)33)25-8-6-15-35-25/h6,8,11,14-19H,4-5,7,9-10,12-13H2,1-3H3/t19-/m0/s1. The predicted molar refractivity (Wildman–Crippen MR) is 142 cm³/mol. The van der Waals surface area contributed by atoms with Gasteiger partial charge in [-0.3, -0.25) is 4.79 Å². The van der Waals surface area contributed by atoms with Crippen LogP contribution in [0.5, 0.6) is 0 Å². The van der Waals surface area contributed by atoms with Crippen molar-refractivity contribution in [3.8, 4) is 21.8 Å². The summed E-state index contributed by atoms with van der Waals surface area (Å²) in [7, 11) is 0. The van der Waals surface area contributed by atoms with Crippen LogP contribution in [-0.2, 0) is 0 Å². The Kier molecular flexibility index (Phi) is 6.92. The van der Waals surface area contributed by atoms with Gasteiger partial charge in [0.1, 0.15) is 5.82 Å². The lowest BCUT2D eigenvalue weighted by Crippen LogP contribution is -2.37. The van der Waals surface area contributed by atoms with E-state index in [-0.39, 0.29) is 5.78 Å². The van der Waals surface area contributed by atoms with E-state index in [9.17, 15) is 4.79 Å². The number of fused-ring (bicyclic) bond motifs is 1. The van der Waals surface area contributed by atoms with E-state index in [1.165, 1.54) is 0 Å². The third kappa shape index (κ3) is 4.86. The van der Waals surface area contributed by atoms with Crippen LogP contribution >= 0.6 is 11.3 Å². The Morgan fingerprint density at radius 2 is 1.97 bits per heavy atom. The molecule has 0 unspecified atom stereocenters. The number of carbonyl (C=O) groups is 1. The van der Waals surface area contributed by atoms with Gasteiger partial charge in [0, 0.05) is 37.3 Å². The lowest BCUT2D eigenvalue weighted by molar-refractivity contribution is 0.0964. The van der Waals surface area contributed by atoms with E-state index in [1.54, 1.807) is 22.0 Å². The number of thiophene rings is 1. The molecule has 0 bridgehead atoms. The van der Waals surface area contributed by atoms with Crippen molar-refractivity contribution in [1.29, 1.82) is 0 Å². The average molecular weight is 489 g/mol. The van der Waals surface area contributed by atoms with Crippen LogP contribution in [0.25, 0.3) is 27.5 Å². The molecule has 0 saturated carbocycles. The van der Waals surface area contributed by atoms with Crippen molar-refractivity contribution in [3.05, 3.63) is 53.7 Å². The second kappa shape index (κ2) is 10.3. The Labute approximate surface area is 210 Å². The van der Waals surface area contributed by atoms with Crippen molar-refractivity contribution in [2.45, 2.75) is 46.1 Å². The first-order valence-electron chi connectivity index (χ1n) is 12.5. The number of ketones is 1. The van der Waals surface area contributed by atoms with Crippen LogP contribution in [-0.4, -0.2) is 62.5 Å². The molecule has 0 radical (unpaired) electrons. The van der Waals surface area contributed by atoms with E-state index >= 15 is 0 Å². The molecule has 0 aliphatic carbocycles. The number of aromatic nitrogens is 4. The van der Waals surface area contributed by atoms with Gasteiger partial charge >= 0.3 is 0 Å². The summed E-state index contributed by atoms with van der Waals surface area (Å²) in [5, 5.41) is 6.56. The maximum absolute atomic E-state index is 13.3. The number of rotatable bonds is 10. The second-order valence-electron chi connectivity index (χ2n) is 9.09. The van der Waals surface area contributed by atoms with Crippen molar-refractivity contribution in [2.24, 2.45) is 0 Å². The van der Waals surface area contributed by atoms with Gasteiger partial charge in [-0.1, -0.05) is 19.9 Å². The highest BCUT2D eigenvalue weighted by Crippen LogP contribution is 2.30. The van der Waals surface area contributed by atoms with Crippen molar-refractivity contribution >= 4 is 28.6 Å². The lowest BCUT2D eigenvalue weighted by atomic mass is 10.0. The highest BCUT2D eigenvalue weighted by molar-refractivity contribution is 7.13. The average Bonchev–Trinajstić information content (AvgIpc) is 3.52. The summed E-state index contributed by atoms with van der Waals surface area (Å²) in [4.78, 5) is 28.9. The van der Waals surface area contributed by atoms with Crippen LogP contribution < -0.4 is 4.90 Å². The monoisotopic (exact) mass is 488 g/mol. The molecular weight excluding hydrogens is 456 g/mol. The van der Waals surface area contributed by atoms with Crippen molar-refractivity contribution in [2.75, 3.05) is 31.1 Å². The summed E-state index contributed by atoms with van der Waals surface area (Å²) >= 11 is 1.66. The van der Waals surface area contributed by atoms with Crippen LogP contribution in [0.2, 0.25) is 0 Å². The molecule has 1 aliphatic rings. The lowest BCUT2D eigenvalue weighted by Gasteiger charge is -2.32. The Balaban J connectivity index is 1.48. The van der Waals surface area contributed by atoms with Gasteiger partial charge in [0.05, 0.1) is 28.0 Å². The molecule has 0 aromatic carbocycles. The Hall–Kier alpha value is -3.10. The summed E-state index contributed by atoms with van der Waals surface area (Å²) < 4.78 is 1.78. The highest BCUT2D eigenvalue weighted by Gasteiger charge is 2.22. The minimum atomic E-state index is 0.165. The van der Waals surface area contributed by atoms with Crippen LogP contribution in [0.15, 0.2) is 48.1 Å². The van der Waals surface area contributed by atoms with Crippen LogP contribution in [0.4, 0.5) is 5.82 Å². The van der Waals surface area contributed by atoms with Crippen molar-refractivity contribution in [3.63, 3.8) is 0 Å². The number of hydrogen-bond acceptors (Lipinski definition) is 7. The number of carbonyl (C=O) groups excluding carboxylic acids is 1. The summed E-state index contributed by atoms with van der Waals surface area (Å²) in [6.45, 7) is 10.5. The maximum atomic E-state index is 13.3. The SMILES string of the molecule is CCN(CC)[C@@H](C)CCC(=O)c1cc(-c2cnn3ccc(-c4cccs4)nc23)nc(N2CCC2)c1. The van der Waals surface area contributed by atoms with Gasteiger partial charge < -0.3 is 9.80 Å². The van der Waals surface area contributed by atoms with Crippen molar-refractivity contribution < 1.29 is 4.79 Å². The smallest absolute Gasteiger partial charge is 0.165 e. The van der Waals surface area contributed by atoms with E-state index in [2.05, 4.69) is 47.1 Å². The van der Waals surface area contributed by atoms with E-state index < -0.39 is 0 Å². The molecule has 35 heavy (non-hydrogen) atoms. The molecule has 1 aliphatic heterocycles. The summed E-state index contributed by atoms with van der Waals surface area (Å²) in [6, 6.07) is 10.3. The molecular formula is C27H32N6OS. The Morgan fingerprint density at radius 3 is 2.66 bits per heavy atom. The van der Waals surface area contributed by atoms with E-state index in [0.717, 1.165) is 77.9 Å². The molecule has 1 atom stereocenters. The van der Waals surface area contributed by atoms with Gasteiger partial charge in [-0.2, -0.15) is 5.10 Å². The number of pyridine rings is 1. The van der Waals surface area contributed by atoms with Gasteiger partial charge in [-0.25, -0.2) is 14.5 Å². The highest BCUT2D eigenvalue weighted by atomic mass is 32.1.